The lowest BCUT2D eigenvalue weighted by molar-refractivity contribution is -0.121. The van der Waals surface area contributed by atoms with Crippen LogP contribution < -0.4 is 10.6 Å². The minimum Gasteiger partial charge on any atom is -0.326 e. The molecule has 2 heterocycles. The number of hydrogen-bond acceptors (Lipinski definition) is 5. The van der Waals surface area contributed by atoms with E-state index in [0.717, 1.165) is 4.90 Å². The van der Waals surface area contributed by atoms with Crippen LogP contribution in [0.1, 0.15) is 25.3 Å². The van der Waals surface area contributed by atoms with Crippen molar-refractivity contribution < 1.29 is 22.4 Å². The Kier molecular flexibility index (Phi) is 6.28. The van der Waals surface area contributed by atoms with Crippen molar-refractivity contribution in [3.8, 4) is 0 Å². The first kappa shape index (κ1) is 22.8. The molecule has 0 bridgehead atoms. The van der Waals surface area contributed by atoms with E-state index in [1.165, 1.54) is 28.2 Å². The summed E-state index contributed by atoms with van der Waals surface area (Å²) in [6, 6.07) is 9.27. The van der Waals surface area contributed by atoms with Gasteiger partial charge in [-0.05, 0) is 62.6 Å². The number of anilines is 2. The number of hydrogen-bond donors (Lipinski definition) is 2. The third kappa shape index (κ3) is 4.53. The summed E-state index contributed by atoms with van der Waals surface area (Å²) in [5.74, 6) is -1.14. The molecule has 1 fully saturated rings. The third-order valence-electron chi connectivity index (χ3n) is 5.78. The van der Waals surface area contributed by atoms with Gasteiger partial charge in [-0.15, -0.1) is 11.8 Å². The van der Waals surface area contributed by atoms with E-state index in [9.17, 15) is 22.4 Å². The van der Waals surface area contributed by atoms with E-state index in [4.69, 9.17) is 0 Å². The molecule has 2 aliphatic heterocycles. The molecule has 2 aliphatic rings. The topological polar surface area (TPSA) is 95.6 Å². The highest BCUT2D eigenvalue weighted by atomic mass is 32.2. The van der Waals surface area contributed by atoms with E-state index >= 15 is 0 Å². The number of nitrogens with one attached hydrogen (secondary N) is 2. The Labute approximate surface area is 190 Å². The number of carbonyl (C=O) groups excluding carboxylic acids is 2. The zero-order valence-corrected chi connectivity index (χ0v) is 19.4. The summed E-state index contributed by atoms with van der Waals surface area (Å²) in [6.07, 6.45) is 0.739. The Morgan fingerprint density at radius 3 is 2.59 bits per heavy atom. The average Bonchev–Trinajstić information content (AvgIpc) is 2.77. The van der Waals surface area contributed by atoms with E-state index < -0.39 is 15.8 Å². The van der Waals surface area contributed by atoms with Gasteiger partial charge in [-0.1, -0.05) is 6.07 Å². The number of piperidine rings is 1. The lowest BCUT2D eigenvalue weighted by Crippen LogP contribution is -2.41. The molecule has 1 atom stereocenters. The monoisotopic (exact) mass is 477 g/mol. The van der Waals surface area contributed by atoms with Crippen LogP contribution in [0.4, 0.5) is 15.8 Å². The molecule has 2 aromatic rings. The molecule has 0 aromatic heterocycles. The lowest BCUT2D eigenvalue weighted by atomic mass is 9.97. The maximum atomic E-state index is 13.7. The Morgan fingerprint density at radius 2 is 1.91 bits per heavy atom. The van der Waals surface area contributed by atoms with Crippen LogP contribution in [-0.4, -0.2) is 42.9 Å². The number of nitrogens with zero attached hydrogens (tertiary/aromatic N) is 1. The van der Waals surface area contributed by atoms with E-state index in [1.54, 1.807) is 38.1 Å². The highest BCUT2D eigenvalue weighted by molar-refractivity contribution is 8.01. The summed E-state index contributed by atoms with van der Waals surface area (Å²) in [4.78, 5) is 25.4. The summed E-state index contributed by atoms with van der Waals surface area (Å²) in [5, 5.41) is 5.24. The number of benzene rings is 2. The first-order valence-electron chi connectivity index (χ1n) is 10.3. The lowest BCUT2D eigenvalue weighted by Gasteiger charge is -2.31. The normalized spacial score (nSPS) is 19.8. The number of rotatable bonds is 4. The summed E-state index contributed by atoms with van der Waals surface area (Å²) >= 11 is 1.39. The van der Waals surface area contributed by atoms with Gasteiger partial charge in [0.25, 0.3) is 0 Å². The molecule has 0 aliphatic carbocycles. The van der Waals surface area contributed by atoms with Crippen molar-refractivity contribution in [3.05, 3.63) is 47.8 Å². The first-order chi connectivity index (χ1) is 15.1. The van der Waals surface area contributed by atoms with Crippen LogP contribution in [0, 0.1) is 18.7 Å². The second-order valence-electron chi connectivity index (χ2n) is 8.04. The standard InChI is InChI=1S/C22H24FN3O4S2/c1-13-3-4-16(11-18(13)23)24-22(28)15-7-9-26(10-8-15)32(29,30)17-5-6-20-19(12-17)25-21(27)14(2)31-20/h3-6,11-12,14-15H,7-10H2,1-2H3,(H,24,28)(H,25,27). The highest BCUT2D eigenvalue weighted by Gasteiger charge is 2.33. The summed E-state index contributed by atoms with van der Waals surface area (Å²) < 4.78 is 41.3. The fraction of sp³-hybridized carbons (Fsp3) is 0.364. The molecule has 2 N–H and O–H groups in total. The van der Waals surface area contributed by atoms with E-state index in [2.05, 4.69) is 10.6 Å². The molecular formula is C22H24FN3O4S2. The second kappa shape index (κ2) is 8.84. The number of sulfonamides is 1. The van der Waals surface area contributed by atoms with Crippen LogP contribution in [0.5, 0.6) is 0 Å². The van der Waals surface area contributed by atoms with Gasteiger partial charge in [-0.25, -0.2) is 12.8 Å². The SMILES string of the molecule is Cc1ccc(NC(=O)C2CCN(S(=O)(=O)c3ccc4c(c3)NC(=O)C(C)S4)CC2)cc1F. The summed E-state index contributed by atoms with van der Waals surface area (Å²) in [5.41, 5.74) is 1.38. The fourth-order valence-corrected chi connectivity index (χ4v) is 6.20. The molecule has 32 heavy (non-hydrogen) atoms. The van der Waals surface area contributed by atoms with Crippen molar-refractivity contribution in [1.82, 2.24) is 4.31 Å². The highest BCUT2D eigenvalue weighted by Crippen LogP contribution is 2.37. The van der Waals surface area contributed by atoms with Gasteiger partial charge in [0, 0.05) is 29.6 Å². The zero-order valence-electron chi connectivity index (χ0n) is 17.7. The molecule has 4 rings (SSSR count). The van der Waals surface area contributed by atoms with E-state index in [1.807, 2.05) is 0 Å². The molecule has 2 amide bonds. The molecule has 7 nitrogen and oxygen atoms in total. The average molecular weight is 478 g/mol. The number of thioether (sulfide) groups is 1. The molecule has 1 unspecified atom stereocenters. The number of amides is 2. The predicted octanol–water partition coefficient (Wildman–Crippen LogP) is 3.61. The van der Waals surface area contributed by atoms with Crippen molar-refractivity contribution >= 4 is 45.0 Å². The molecule has 0 spiro atoms. The molecule has 2 aromatic carbocycles. The van der Waals surface area contributed by atoms with Crippen LogP contribution in [0.2, 0.25) is 0 Å². The Bertz CT molecular complexity index is 1180. The minimum atomic E-state index is -3.75. The third-order valence-corrected chi connectivity index (χ3v) is 8.86. The van der Waals surface area contributed by atoms with Crippen LogP contribution in [-0.2, 0) is 19.6 Å². The summed E-state index contributed by atoms with van der Waals surface area (Å²) in [7, 11) is -3.75. The van der Waals surface area contributed by atoms with E-state index in [0.29, 0.717) is 29.8 Å². The number of fused-ring (bicyclic) bond motifs is 1. The summed E-state index contributed by atoms with van der Waals surface area (Å²) in [6.45, 7) is 3.85. The largest absolute Gasteiger partial charge is 0.326 e. The van der Waals surface area contributed by atoms with Crippen LogP contribution in [0.15, 0.2) is 46.2 Å². The first-order valence-corrected chi connectivity index (χ1v) is 12.7. The predicted molar refractivity (Wildman–Crippen MR) is 122 cm³/mol. The molecular weight excluding hydrogens is 453 g/mol. The van der Waals surface area contributed by atoms with Crippen molar-refractivity contribution in [2.75, 3.05) is 23.7 Å². The Morgan fingerprint density at radius 1 is 1.19 bits per heavy atom. The van der Waals surface area contributed by atoms with E-state index in [-0.39, 0.29) is 41.0 Å². The van der Waals surface area contributed by atoms with Crippen LogP contribution in [0.3, 0.4) is 0 Å². The van der Waals surface area contributed by atoms with Crippen molar-refractivity contribution in [1.29, 1.82) is 0 Å². The number of carbonyl (C=O) groups is 2. The maximum absolute atomic E-state index is 13.7. The van der Waals surface area contributed by atoms with Crippen molar-refractivity contribution in [2.24, 2.45) is 5.92 Å². The van der Waals surface area contributed by atoms with Gasteiger partial charge < -0.3 is 10.6 Å². The van der Waals surface area contributed by atoms with Crippen molar-refractivity contribution in [3.63, 3.8) is 0 Å². The second-order valence-corrected chi connectivity index (χ2v) is 11.4. The Hall–Kier alpha value is -2.43. The van der Waals surface area contributed by atoms with Crippen molar-refractivity contribution in [2.45, 2.75) is 41.7 Å². The maximum Gasteiger partial charge on any atom is 0.243 e. The molecule has 0 saturated carbocycles. The van der Waals surface area contributed by atoms with Gasteiger partial charge in [0.1, 0.15) is 5.82 Å². The number of aryl methyl sites for hydroxylation is 1. The zero-order chi connectivity index (χ0) is 23.0. The van der Waals surface area contributed by atoms with Gasteiger partial charge in [-0.3, -0.25) is 9.59 Å². The molecule has 0 radical (unpaired) electrons. The fourth-order valence-electron chi connectivity index (χ4n) is 3.77. The number of halogens is 1. The quantitative estimate of drug-likeness (QED) is 0.702. The van der Waals surface area contributed by atoms with Crippen LogP contribution >= 0.6 is 11.8 Å². The van der Waals surface area contributed by atoms with Gasteiger partial charge in [-0.2, -0.15) is 4.31 Å². The molecule has 10 heteroatoms. The van der Waals surface area contributed by atoms with Gasteiger partial charge in [0.15, 0.2) is 0 Å². The smallest absolute Gasteiger partial charge is 0.243 e. The van der Waals surface area contributed by atoms with Gasteiger partial charge >= 0.3 is 0 Å². The van der Waals surface area contributed by atoms with Gasteiger partial charge in [0.2, 0.25) is 21.8 Å². The van der Waals surface area contributed by atoms with Gasteiger partial charge in [0.05, 0.1) is 15.8 Å². The minimum absolute atomic E-state index is 0.115. The van der Waals surface area contributed by atoms with Crippen LogP contribution in [0.25, 0.3) is 0 Å². The molecule has 1 saturated heterocycles. The molecule has 170 valence electrons. The Balaban J connectivity index is 1.41.